The molecule has 0 fully saturated rings. The molecule has 0 bridgehead atoms. The highest BCUT2D eigenvalue weighted by atomic mass is 32.2. The van der Waals surface area contributed by atoms with E-state index in [2.05, 4.69) is 9.82 Å². The molecular formula is C10H14N4O2S2. The maximum atomic E-state index is 12.1. The van der Waals surface area contributed by atoms with Gasteiger partial charge in [0.25, 0.3) is 10.0 Å². The van der Waals surface area contributed by atoms with Gasteiger partial charge in [-0.25, -0.2) is 8.42 Å². The van der Waals surface area contributed by atoms with Gasteiger partial charge in [-0.3, -0.25) is 9.40 Å². The molecule has 2 aromatic rings. The average molecular weight is 286 g/mol. The highest BCUT2D eigenvalue weighted by Crippen LogP contribution is 2.26. The van der Waals surface area contributed by atoms with E-state index in [1.165, 1.54) is 22.2 Å². The van der Waals surface area contributed by atoms with E-state index in [4.69, 9.17) is 5.73 Å². The summed E-state index contributed by atoms with van der Waals surface area (Å²) in [5.41, 5.74) is 5.95. The average Bonchev–Trinajstić information content (AvgIpc) is 2.91. The van der Waals surface area contributed by atoms with E-state index in [9.17, 15) is 8.42 Å². The van der Waals surface area contributed by atoms with Crippen molar-refractivity contribution in [2.45, 2.75) is 17.6 Å². The molecule has 2 aromatic heterocycles. The third-order valence-corrected chi connectivity index (χ3v) is 5.51. The van der Waals surface area contributed by atoms with E-state index in [-0.39, 0.29) is 10.0 Å². The number of rotatable bonds is 4. The molecule has 0 spiro atoms. The number of hydrogen-bond donors (Lipinski definition) is 2. The van der Waals surface area contributed by atoms with Gasteiger partial charge in [0.05, 0.1) is 11.9 Å². The molecule has 18 heavy (non-hydrogen) atoms. The van der Waals surface area contributed by atoms with Crippen LogP contribution in [-0.4, -0.2) is 18.2 Å². The Morgan fingerprint density at radius 1 is 1.50 bits per heavy atom. The quantitative estimate of drug-likeness (QED) is 0.889. The van der Waals surface area contributed by atoms with Gasteiger partial charge < -0.3 is 5.73 Å². The number of aryl methyl sites for hydroxylation is 2. The number of hydrogen-bond acceptors (Lipinski definition) is 5. The zero-order valence-corrected chi connectivity index (χ0v) is 11.7. The van der Waals surface area contributed by atoms with E-state index < -0.39 is 10.0 Å². The lowest BCUT2D eigenvalue weighted by molar-refractivity contribution is 0.602. The van der Waals surface area contributed by atoms with E-state index in [0.29, 0.717) is 5.69 Å². The van der Waals surface area contributed by atoms with Gasteiger partial charge in [0.2, 0.25) is 0 Å². The largest absolute Gasteiger partial charge is 0.394 e. The first-order chi connectivity index (χ1) is 8.44. The molecule has 0 saturated heterocycles. The van der Waals surface area contributed by atoms with Crippen molar-refractivity contribution >= 4 is 32.9 Å². The van der Waals surface area contributed by atoms with Crippen LogP contribution in [0.4, 0.5) is 11.5 Å². The zero-order chi connectivity index (χ0) is 13.3. The number of nitrogens with one attached hydrogen (secondary N) is 1. The fraction of sp³-hybridized carbons (Fsp3) is 0.300. The number of nitrogens with zero attached hydrogens (tertiary/aromatic N) is 2. The van der Waals surface area contributed by atoms with E-state index in [1.807, 2.05) is 13.0 Å². The summed E-state index contributed by atoms with van der Waals surface area (Å²) in [6.45, 7) is 1.98. The molecule has 6 nitrogen and oxygen atoms in total. The summed E-state index contributed by atoms with van der Waals surface area (Å²) in [5.74, 6) is 0.279. The minimum Gasteiger partial charge on any atom is -0.394 e. The van der Waals surface area contributed by atoms with Crippen molar-refractivity contribution in [2.24, 2.45) is 7.05 Å². The summed E-state index contributed by atoms with van der Waals surface area (Å²) in [6, 6.07) is 3.41. The summed E-state index contributed by atoms with van der Waals surface area (Å²) in [7, 11) is -1.96. The van der Waals surface area contributed by atoms with Gasteiger partial charge in [0, 0.05) is 11.9 Å². The molecule has 0 saturated carbocycles. The molecule has 98 valence electrons. The van der Waals surface area contributed by atoms with Crippen molar-refractivity contribution in [1.82, 2.24) is 9.78 Å². The van der Waals surface area contributed by atoms with Crippen LogP contribution in [0.25, 0.3) is 0 Å². The third-order valence-electron chi connectivity index (χ3n) is 2.45. The molecule has 2 rings (SSSR count). The number of nitrogens with two attached hydrogens (primary N) is 1. The van der Waals surface area contributed by atoms with Crippen molar-refractivity contribution in [3.63, 3.8) is 0 Å². The molecule has 0 aliphatic carbocycles. The minimum atomic E-state index is -3.59. The summed E-state index contributed by atoms with van der Waals surface area (Å²) >= 11 is 1.25. The number of sulfonamides is 1. The molecular weight excluding hydrogens is 272 g/mol. The molecule has 3 N–H and O–H groups in total. The third kappa shape index (κ3) is 2.34. The molecule has 0 aliphatic rings. The Morgan fingerprint density at radius 2 is 2.22 bits per heavy atom. The molecule has 0 unspecified atom stereocenters. The van der Waals surface area contributed by atoms with Crippen molar-refractivity contribution < 1.29 is 8.42 Å². The smallest absolute Gasteiger partial charge is 0.272 e. The summed E-state index contributed by atoms with van der Waals surface area (Å²) in [6.07, 6.45) is 2.22. The van der Waals surface area contributed by atoms with E-state index in [1.54, 1.807) is 13.1 Å². The Bertz CT molecular complexity index is 638. The first kappa shape index (κ1) is 12.9. The van der Waals surface area contributed by atoms with Crippen LogP contribution in [0.1, 0.15) is 11.8 Å². The lowest BCUT2D eigenvalue weighted by Gasteiger charge is -2.07. The monoisotopic (exact) mass is 286 g/mol. The van der Waals surface area contributed by atoms with Crippen LogP contribution in [-0.2, 0) is 23.5 Å². The van der Waals surface area contributed by atoms with Gasteiger partial charge in [-0.1, -0.05) is 6.92 Å². The Hall–Kier alpha value is -1.54. The number of aromatic nitrogens is 2. The number of nitrogen functional groups attached to an aromatic ring is 1. The second-order valence-electron chi connectivity index (χ2n) is 3.75. The highest BCUT2D eigenvalue weighted by molar-refractivity contribution is 7.94. The van der Waals surface area contributed by atoms with Gasteiger partial charge >= 0.3 is 0 Å². The van der Waals surface area contributed by atoms with E-state index in [0.717, 1.165) is 11.3 Å². The number of anilines is 2. The normalized spacial score (nSPS) is 11.7. The SMILES string of the molecule is CCc1ccc(S(=O)(=O)Nc2c(N)cnn2C)s1. The Kier molecular flexibility index (Phi) is 3.31. The molecule has 0 radical (unpaired) electrons. The Balaban J connectivity index is 2.33. The number of thiophene rings is 1. The standard InChI is InChI=1S/C10H14N4O2S2/c1-3-7-4-5-9(17-7)18(15,16)13-10-8(11)6-12-14(10)2/h4-6,13H,3,11H2,1-2H3. The van der Waals surface area contributed by atoms with Gasteiger partial charge in [-0.2, -0.15) is 5.10 Å². The van der Waals surface area contributed by atoms with Crippen LogP contribution in [0.15, 0.2) is 22.5 Å². The Morgan fingerprint density at radius 3 is 2.72 bits per heavy atom. The van der Waals surface area contributed by atoms with Crippen LogP contribution >= 0.6 is 11.3 Å². The van der Waals surface area contributed by atoms with Crippen LogP contribution in [0.2, 0.25) is 0 Å². The fourth-order valence-corrected chi connectivity index (χ4v) is 3.86. The molecule has 2 heterocycles. The maximum absolute atomic E-state index is 12.1. The second kappa shape index (κ2) is 4.62. The van der Waals surface area contributed by atoms with Crippen LogP contribution in [0.5, 0.6) is 0 Å². The predicted octanol–water partition coefficient (Wildman–Crippen LogP) is 1.43. The maximum Gasteiger partial charge on any atom is 0.272 e. The van der Waals surface area contributed by atoms with E-state index >= 15 is 0 Å². The lowest BCUT2D eigenvalue weighted by Crippen LogP contribution is -2.15. The minimum absolute atomic E-state index is 0.278. The van der Waals surface area contributed by atoms with Crippen molar-refractivity contribution in [3.8, 4) is 0 Å². The predicted molar refractivity (Wildman–Crippen MR) is 72.1 cm³/mol. The second-order valence-corrected chi connectivity index (χ2v) is 6.83. The van der Waals surface area contributed by atoms with Gasteiger partial charge in [-0.05, 0) is 18.6 Å². The first-order valence-electron chi connectivity index (χ1n) is 5.33. The van der Waals surface area contributed by atoms with Crippen LogP contribution in [0.3, 0.4) is 0 Å². The summed E-state index contributed by atoms with van der Waals surface area (Å²) in [5, 5.41) is 3.88. The summed E-state index contributed by atoms with van der Waals surface area (Å²) < 4.78 is 28.4. The molecule has 8 heteroatoms. The fourth-order valence-electron chi connectivity index (χ4n) is 1.45. The zero-order valence-electron chi connectivity index (χ0n) is 10.0. The Labute approximate surface area is 109 Å². The van der Waals surface area contributed by atoms with Gasteiger partial charge in [0.1, 0.15) is 4.21 Å². The van der Waals surface area contributed by atoms with Crippen molar-refractivity contribution in [2.75, 3.05) is 10.5 Å². The van der Waals surface area contributed by atoms with Crippen molar-refractivity contribution in [1.29, 1.82) is 0 Å². The molecule has 0 atom stereocenters. The van der Waals surface area contributed by atoms with Crippen LogP contribution < -0.4 is 10.5 Å². The highest BCUT2D eigenvalue weighted by Gasteiger charge is 2.19. The summed E-state index contributed by atoms with van der Waals surface area (Å²) in [4.78, 5) is 1.02. The lowest BCUT2D eigenvalue weighted by atomic mass is 10.4. The van der Waals surface area contributed by atoms with Gasteiger partial charge in [0.15, 0.2) is 5.82 Å². The topological polar surface area (TPSA) is 90.0 Å². The first-order valence-corrected chi connectivity index (χ1v) is 7.63. The van der Waals surface area contributed by atoms with Crippen LogP contribution in [0, 0.1) is 0 Å². The van der Waals surface area contributed by atoms with Crippen molar-refractivity contribution in [3.05, 3.63) is 23.2 Å². The molecule has 0 amide bonds. The molecule has 0 aromatic carbocycles. The van der Waals surface area contributed by atoms with Gasteiger partial charge in [-0.15, -0.1) is 11.3 Å². The molecule has 0 aliphatic heterocycles.